The van der Waals surface area contributed by atoms with Gasteiger partial charge in [0.05, 0.1) is 10.2 Å². The Balaban J connectivity index is 1.96. The average Bonchev–Trinajstić information content (AvgIpc) is 3.08. The fourth-order valence-electron chi connectivity index (χ4n) is 2.18. The highest BCUT2D eigenvalue weighted by Crippen LogP contribution is 2.29. The zero-order chi connectivity index (χ0) is 15.0. The first kappa shape index (κ1) is 14.3. The Morgan fingerprint density at radius 2 is 2.19 bits per heavy atom. The highest BCUT2D eigenvalue weighted by Gasteiger charge is 2.20. The lowest BCUT2D eigenvalue weighted by Crippen LogP contribution is -2.28. The number of aromatic nitrogens is 2. The summed E-state index contributed by atoms with van der Waals surface area (Å²) in [7, 11) is 1.76. The van der Waals surface area contributed by atoms with Crippen LogP contribution in [0.25, 0.3) is 10.2 Å². The summed E-state index contributed by atoms with van der Waals surface area (Å²) >= 11 is 4.94. The maximum absolute atomic E-state index is 12.7. The fourth-order valence-corrected chi connectivity index (χ4v) is 3.57. The Hall–Kier alpha value is -1.66. The molecule has 0 N–H and O–H groups in total. The SMILES string of the molecule is CCn1cc(Br)cc1C(=O)N(C)c1nc2ccccc2s1. The molecule has 3 aromatic rings. The van der Waals surface area contributed by atoms with Gasteiger partial charge in [-0.1, -0.05) is 23.5 Å². The average molecular weight is 364 g/mol. The second-order valence-electron chi connectivity index (χ2n) is 4.66. The van der Waals surface area contributed by atoms with Gasteiger partial charge in [0.15, 0.2) is 5.13 Å². The van der Waals surface area contributed by atoms with Crippen LogP contribution in [-0.4, -0.2) is 22.5 Å². The van der Waals surface area contributed by atoms with Gasteiger partial charge >= 0.3 is 0 Å². The predicted molar refractivity (Wildman–Crippen MR) is 90.2 cm³/mol. The number of thiazole rings is 1. The Labute approximate surface area is 135 Å². The molecule has 1 amide bonds. The lowest BCUT2D eigenvalue weighted by molar-refractivity contribution is 0.0984. The molecule has 0 bridgehead atoms. The molecule has 4 nitrogen and oxygen atoms in total. The molecule has 0 radical (unpaired) electrons. The summed E-state index contributed by atoms with van der Waals surface area (Å²) in [6, 6.07) is 9.74. The summed E-state index contributed by atoms with van der Waals surface area (Å²) in [5.74, 6) is -0.0541. The van der Waals surface area contributed by atoms with Crippen molar-refractivity contribution in [2.45, 2.75) is 13.5 Å². The summed E-state index contributed by atoms with van der Waals surface area (Å²) in [6.45, 7) is 2.77. The molecule has 0 spiro atoms. The number of rotatable bonds is 3. The van der Waals surface area contributed by atoms with E-state index in [-0.39, 0.29) is 5.91 Å². The topological polar surface area (TPSA) is 38.1 Å². The van der Waals surface area contributed by atoms with E-state index in [1.807, 2.05) is 48.0 Å². The first-order chi connectivity index (χ1) is 10.1. The maximum atomic E-state index is 12.7. The number of para-hydroxylation sites is 1. The number of nitrogens with zero attached hydrogens (tertiary/aromatic N) is 3. The van der Waals surface area contributed by atoms with E-state index in [2.05, 4.69) is 20.9 Å². The van der Waals surface area contributed by atoms with E-state index in [0.717, 1.165) is 21.2 Å². The lowest BCUT2D eigenvalue weighted by atomic mass is 10.3. The number of fused-ring (bicyclic) bond motifs is 1. The van der Waals surface area contributed by atoms with Crippen LogP contribution in [0.2, 0.25) is 0 Å². The normalized spacial score (nSPS) is 11.0. The van der Waals surface area contributed by atoms with Gasteiger partial charge in [-0.05, 0) is 41.1 Å². The van der Waals surface area contributed by atoms with E-state index in [1.54, 1.807) is 11.9 Å². The van der Waals surface area contributed by atoms with Crippen LogP contribution in [0, 0.1) is 0 Å². The van der Waals surface area contributed by atoms with Crippen LogP contribution in [-0.2, 0) is 6.54 Å². The number of carbonyl (C=O) groups excluding carboxylic acids is 1. The number of hydrogen-bond donors (Lipinski definition) is 0. The molecule has 2 aromatic heterocycles. The molecular formula is C15H14BrN3OS. The molecule has 0 aliphatic carbocycles. The van der Waals surface area contributed by atoms with E-state index in [9.17, 15) is 4.79 Å². The largest absolute Gasteiger partial charge is 0.343 e. The molecule has 3 rings (SSSR count). The zero-order valence-corrected chi connectivity index (χ0v) is 14.1. The number of hydrogen-bond acceptors (Lipinski definition) is 3. The van der Waals surface area contributed by atoms with Crippen molar-refractivity contribution >= 4 is 48.5 Å². The third-order valence-corrected chi connectivity index (χ3v) is 4.84. The fraction of sp³-hybridized carbons (Fsp3) is 0.200. The van der Waals surface area contributed by atoms with E-state index in [4.69, 9.17) is 0 Å². The summed E-state index contributed by atoms with van der Waals surface area (Å²) in [5, 5.41) is 0.709. The van der Waals surface area contributed by atoms with Gasteiger partial charge in [-0.3, -0.25) is 9.69 Å². The molecule has 6 heteroatoms. The Morgan fingerprint density at radius 1 is 1.43 bits per heavy atom. The molecular weight excluding hydrogens is 350 g/mol. The summed E-state index contributed by atoms with van der Waals surface area (Å²) in [4.78, 5) is 18.8. The van der Waals surface area contributed by atoms with Crippen molar-refractivity contribution in [2.75, 3.05) is 11.9 Å². The van der Waals surface area contributed by atoms with Gasteiger partial charge in [-0.25, -0.2) is 4.98 Å². The summed E-state index contributed by atoms with van der Waals surface area (Å²) in [5.41, 5.74) is 1.58. The number of benzene rings is 1. The molecule has 0 aliphatic heterocycles. The van der Waals surface area contributed by atoms with Crippen molar-refractivity contribution in [1.82, 2.24) is 9.55 Å². The van der Waals surface area contributed by atoms with Crippen LogP contribution in [0.5, 0.6) is 0 Å². The van der Waals surface area contributed by atoms with Gasteiger partial charge in [0.25, 0.3) is 5.91 Å². The van der Waals surface area contributed by atoms with Gasteiger partial charge in [0.1, 0.15) is 5.69 Å². The van der Waals surface area contributed by atoms with Gasteiger partial charge in [0, 0.05) is 24.3 Å². The Morgan fingerprint density at radius 3 is 2.90 bits per heavy atom. The van der Waals surface area contributed by atoms with Gasteiger partial charge < -0.3 is 4.57 Å². The van der Waals surface area contributed by atoms with Crippen LogP contribution < -0.4 is 4.90 Å². The first-order valence-electron chi connectivity index (χ1n) is 6.59. The van der Waals surface area contributed by atoms with Crippen molar-refractivity contribution < 1.29 is 4.79 Å². The van der Waals surface area contributed by atoms with Crippen LogP contribution in [0.1, 0.15) is 17.4 Å². The van der Waals surface area contributed by atoms with Crippen molar-refractivity contribution in [1.29, 1.82) is 0 Å². The molecule has 0 unspecified atom stereocenters. The standard InChI is InChI=1S/C15H14BrN3OS/c1-3-19-9-10(16)8-12(19)14(20)18(2)15-17-11-6-4-5-7-13(11)21-15/h4-9H,3H2,1-2H3. The van der Waals surface area contributed by atoms with Crippen molar-refractivity contribution in [2.24, 2.45) is 0 Å². The van der Waals surface area contributed by atoms with Gasteiger partial charge in [-0.2, -0.15) is 0 Å². The number of amides is 1. The summed E-state index contributed by atoms with van der Waals surface area (Å²) < 4.78 is 3.92. The minimum Gasteiger partial charge on any atom is -0.343 e. The molecule has 108 valence electrons. The number of halogens is 1. The Kier molecular flexibility index (Phi) is 3.82. The van der Waals surface area contributed by atoms with Crippen LogP contribution in [0.4, 0.5) is 5.13 Å². The molecule has 1 aromatic carbocycles. The second kappa shape index (κ2) is 5.61. The molecule has 0 aliphatic rings. The smallest absolute Gasteiger partial charge is 0.276 e. The van der Waals surface area contributed by atoms with Crippen molar-refractivity contribution in [3.05, 3.63) is 46.7 Å². The molecule has 2 heterocycles. The van der Waals surface area contributed by atoms with Crippen LogP contribution in [0.15, 0.2) is 41.0 Å². The highest BCUT2D eigenvalue weighted by atomic mass is 79.9. The monoisotopic (exact) mass is 363 g/mol. The molecule has 0 saturated heterocycles. The van der Waals surface area contributed by atoms with E-state index in [1.165, 1.54) is 11.3 Å². The molecule has 0 fully saturated rings. The molecule has 0 atom stereocenters. The van der Waals surface area contributed by atoms with E-state index in [0.29, 0.717) is 10.8 Å². The predicted octanol–water partition coefficient (Wildman–Crippen LogP) is 4.16. The highest BCUT2D eigenvalue weighted by molar-refractivity contribution is 9.10. The first-order valence-corrected chi connectivity index (χ1v) is 8.20. The number of carbonyl (C=O) groups is 1. The van der Waals surface area contributed by atoms with Crippen molar-refractivity contribution in [3.8, 4) is 0 Å². The van der Waals surface area contributed by atoms with E-state index >= 15 is 0 Å². The summed E-state index contributed by atoms with van der Waals surface area (Å²) in [6.07, 6.45) is 1.92. The van der Waals surface area contributed by atoms with E-state index < -0.39 is 0 Å². The lowest BCUT2D eigenvalue weighted by Gasteiger charge is -2.14. The number of aryl methyl sites for hydroxylation is 1. The van der Waals surface area contributed by atoms with Gasteiger partial charge in [0.2, 0.25) is 0 Å². The zero-order valence-electron chi connectivity index (χ0n) is 11.7. The van der Waals surface area contributed by atoms with Crippen molar-refractivity contribution in [3.63, 3.8) is 0 Å². The molecule has 0 saturated carbocycles. The molecule has 21 heavy (non-hydrogen) atoms. The minimum absolute atomic E-state index is 0.0541. The second-order valence-corrected chi connectivity index (χ2v) is 6.58. The quantitative estimate of drug-likeness (QED) is 0.700. The van der Waals surface area contributed by atoms with Crippen LogP contribution >= 0.6 is 27.3 Å². The van der Waals surface area contributed by atoms with Crippen LogP contribution in [0.3, 0.4) is 0 Å². The third-order valence-electron chi connectivity index (χ3n) is 3.30. The number of anilines is 1. The third kappa shape index (κ3) is 2.61. The Bertz CT molecular complexity index is 775. The van der Waals surface area contributed by atoms with Gasteiger partial charge in [-0.15, -0.1) is 0 Å². The maximum Gasteiger partial charge on any atom is 0.276 e. The minimum atomic E-state index is -0.0541.